The van der Waals surface area contributed by atoms with Crippen molar-refractivity contribution in [3.05, 3.63) is 23.8 Å². The lowest BCUT2D eigenvalue weighted by molar-refractivity contribution is -0.140. The van der Waals surface area contributed by atoms with Crippen molar-refractivity contribution in [2.24, 2.45) is 0 Å². The van der Waals surface area contributed by atoms with Gasteiger partial charge < -0.3 is 19.3 Å². The topological polar surface area (TPSA) is 93.2 Å². The number of carbonyl (C=O) groups excluding carboxylic acids is 2. The molecule has 27 heavy (non-hydrogen) atoms. The molecule has 1 atom stereocenters. The summed E-state index contributed by atoms with van der Waals surface area (Å²) in [6, 6.07) is 4.96. The van der Waals surface area contributed by atoms with Gasteiger partial charge in [0, 0.05) is 26.6 Å². The second kappa shape index (κ2) is 8.60. The Bertz CT molecular complexity index is 808. The van der Waals surface area contributed by atoms with Crippen molar-refractivity contribution in [2.45, 2.75) is 25.9 Å². The molecule has 2 amide bonds. The molecule has 1 aliphatic heterocycles. The normalized spacial score (nSPS) is 18.0. The molecule has 1 unspecified atom stereocenters. The highest BCUT2D eigenvalue weighted by Gasteiger charge is 2.33. The Morgan fingerprint density at radius 1 is 1.19 bits per heavy atom. The summed E-state index contributed by atoms with van der Waals surface area (Å²) < 4.78 is 33.7. The average Bonchev–Trinajstić information content (AvgIpc) is 2.99. The molecule has 1 heterocycles. The monoisotopic (exact) mass is 398 g/mol. The molecular formula is C18H26N2O6S. The zero-order valence-corrected chi connectivity index (χ0v) is 16.9. The van der Waals surface area contributed by atoms with E-state index in [0.29, 0.717) is 17.9 Å². The van der Waals surface area contributed by atoms with E-state index < -0.39 is 9.84 Å². The van der Waals surface area contributed by atoms with Gasteiger partial charge in [0.15, 0.2) is 21.3 Å². The number of ether oxygens (including phenoxy) is 2. The fraction of sp³-hybridized carbons (Fsp3) is 0.556. The number of rotatable bonds is 7. The van der Waals surface area contributed by atoms with Crippen molar-refractivity contribution in [1.29, 1.82) is 0 Å². The molecule has 0 saturated carbocycles. The molecule has 0 radical (unpaired) electrons. The molecule has 1 aromatic rings. The van der Waals surface area contributed by atoms with Crippen molar-refractivity contribution in [3.8, 4) is 11.5 Å². The van der Waals surface area contributed by atoms with Gasteiger partial charge in [-0.1, -0.05) is 6.07 Å². The first-order chi connectivity index (χ1) is 12.7. The van der Waals surface area contributed by atoms with Crippen LogP contribution >= 0.6 is 0 Å². The third-order valence-electron chi connectivity index (χ3n) is 4.74. The van der Waals surface area contributed by atoms with Gasteiger partial charge in [-0.2, -0.15) is 0 Å². The summed E-state index contributed by atoms with van der Waals surface area (Å²) in [5.74, 6) is 0.660. The SMILES string of the molecule is COc1ccc(CN(CC(=O)N(C)C2CCS(=O)(=O)C2)C(C)=O)cc1OC. The summed E-state index contributed by atoms with van der Waals surface area (Å²) in [7, 11) is 1.57. The molecule has 0 bridgehead atoms. The summed E-state index contributed by atoms with van der Waals surface area (Å²) in [5.41, 5.74) is 0.793. The number of hydrogen-bond donors (Lipinski definition) is 0. The molecule has 1 saturated heterocycles. The number of methoxy groups -OCH3 is 2. The van der Waals surface area contributed by atoms with Gasteiger partial charge in [0.2, 0.25) is 11.8 Å². The maximum Gasteiger partial charge on any atom is 0.242 e. The molecule has 2 rings (SSSR count). The second-order valence-electron chi connectivity index (χ2n) is 6.63. The summed E-state index contributed by atoms with van der Waals surface area (Å²) in [5, 5.41) is 0. The Kier molecular flexibility index (Phi) is 6.69. The molecule has 1 fully saturated rings. The molecule has 1 aromatic carbocycles. The lowest BCUT2D eigenvalue weighted by Crippen LogP contribution is -2.44. The van der Waals surface area contributed by atoms with Crippen molar-refractivity contribution < 1.29 is 27.5 Å². The van der Waals surface area contributed by atoms with E-state index in [1.54, 1.807) is 25.2 Å². The van der Waals surface area contributed by atoms with Crippen LogP contribution in [0.3, 0.4) is 0 Å². The molecule has 0 aromatic heterocycles. The Labute approximate surface area is 160 Å². The number of sulfone groups is 1. The summed E-state index contributed by atoms with van der Waals surface area (Å²) >= 11 is 0. The van der Waals surface area contributed by atoms with E-state index in [-0.39, 0.29) is 42.5 Å². The second-order valence-corrected chi connectivity index (χ2v) is 8.85. The Hall–Kier alpha value is -2.29. The van der Waals surface area contributed by atoms with Gasteiger partial charge in [-0.15, -0.1) is 0 Å². The lowest BCUT2D eigenvalue weighted by Gasteiger charge is -2.27. The highest BCUT2D eigenvalue weighted by molar-refractivity contribution is 7.91. The van der Waals surface area contributed by atoms with Gasteiger partial charge in [0.1, 0.15) is 6.54 Å². The average molecular weight is 398 g/mol. The fourth-order valence-corrected chi connectivity index (χ4v) is 4.81. The first kappa shape index (κ1) is 21.0. The van der Waals surface area contributed by atoms with Crippen LogP contribution in [-0.4, -0.2) is 75.4 Å². The molecule has 0 aliphatic carbocycles. The predicted octanol–water partition coefficient (Wildman–Crippen LogP) is 0.698. The zero-order chi connectivity index (χ0) is 20.2. The Morgan fingerprint density at radius 3 is 2.37 bits per heavy atom. The fourth-order valence-electron chi connectivity index (χ4n) is 3.04. The number of amides is 2. The summed E-state index contributed by atoms with van der Waals surface area (Å²) in [4.78, 5) is 27.4. The summed E-state index contributed by atoms with van der Waals surface area (Å²) in [6.07, 6.45) is 0.431. The van der Waals surface area contributed by atoms with Crippen molar-refractivity contribution in [3.63, 3.8) is 0 Å². The molecule has 150 valence electrons. The third kappa shape index (κ3) is 5.35. The van der Waals surface area contributed by atoms with E-state index in [9.17, 15) is 18.0 Å². The van der Waals surface area contributed by atoms with E-state index in [4.69, 9.17) is 9.47 Å². The Morgan fingerprint density at radius 2 is 1.85 bits per heavy atom. The highest BCUT2D eigenvalue weighted by atomic mass is 32.2. The van der Waals surface area contributed by atoms with Crippen LogP contribution in [0.15, 0.2) is 18.2 Å². The summed E-state index contributed by atoms with van der Waals surface area (Å²) in [6.45, 7) is 1.52. The van der Waals surface area contributed by atoms with E-state index in [1.807, 2.05) is 0 Å². The van der Waals surface area contributed by atoms with Crippen molar-refractivity contribution >= 4 is 21.7 Å². The zero-order valence-electron chi connectivity index (χ0n) is 16.1. The van der Waals surface area contributed by atoms with Gasteiger partial charge in [0.05, 0.1) is 25.7 Å². The molecule has 0 N–H and O–H groups in total. The van der Waals surface area contributed by atoms with Crippen LogP contribution in [-0.2, 0) is 26.0 Å². The van der Waals surface area contributed by atoms with Gasteiger partial charge in [-0.25, -0.2) is 8.42 Å². The first-order valence-electron chi connectivity index (χ1n) is 8.59. The molecule has 0 spiro atoms. The highest BCUT2D eigenvalue weighted by Crippen LogP contribution is 2.28. The number of nitrogens with zero attached hydrogens (tertiary/aromatic N) is 2. The van der Waals surface area contributed by atoms with Crippen molar-refractivity contribution in [1.82, 2.24) is 9.80 Å². The van der Waals surface area contributed by atoms with Crippen LogP contribution in [0, 0.1) is 0 Å². The van der Waals surface area contributed by atoms with Crippen molar-refractivity contribution in [2.75, 3.05) is 39.3 Å². The van der Waals surface area contributed by atoms with Crippen LogP contribution in [0.5, 0.6) is 11.5 Å². The minimum atomic E-state index is -3.08. The van der Waals surface area contributed by atoms with E-state index in [2.05, 4.69) is 0 Å². The first-order valence-corrected chi connectivity index (χ1v) is 10.4. The van der Waals surface area contributed by atoms with E-state index in [0.717, 1.165) is 5.56 Å². The molecule has 1 aliphatic rings. The number of carbonyl (C=O) groups is 2. The standard InChI is InChI=1S/C18H26N2O6S/c1-13(21)20(10-14-5-6-16(25-3)17(9-14)26-4)11-18(22)19(2)15-7-8-27(23,24)12-15/h5-6,9,15H,7-8,10-12H2,1-4H3. The Balaban J connectivity index is 2.07. The lowest BCUT2D eigenvalue weighted by atomic mass is 10.1. The van der Waals surface area contributed by atoms with Crippen LogP contribution in [0.4, 0.5) is 0 Å². The number of benzene rings is 1. The molecule has 9 heteroatoms. The minimum Gasteiger partial charge on any atom is -0.493 e. The number of hydrogen-bond acceptors (Lipinski definition) is 6. The predicted molar refractivity (Wildman–Crippen MR) is 100 cm³/mol. The van der Waals surface area contributed by atoms with E-state index in [1.165, 1.54) is 30.9 Å². The largest absolute Gasteiger partial charge is 0.493 e. The van der Waals surface area contributed by atoms with Crippen LogP contribution in [0.2, 0.25) is 0 Å². The molecular weight excluding hydrogens is 372 g/mol. The number of likely N-dealkylation sites (N-methyl/N-ethyl adjacent to an activating group) is 1. The maximum atomic E-state index is 12.6. The molecule has 8 nitrogen and oxygen atoms in total. The van der Waals surface area contributed by atoms with Crippen LogP contribution < -0.4 is 9.47 Å². The van der Waals surface area contributed by atoms with Gasteiger partial charge >= 0.3 is 0 Å². The van der Waals surface area contributed by atoms with Crippen LogP contribution in [0.25, 0.3) is 0 Å². The maximum absolute atomic E-state index is 12.6. The van der Waals surface area contributed by atoms with Gasteiger partial charge in [-0.3, -0.25) is 9.59 Å². The quantitative estimate of drug-likeness (QED) is 0.671. The van der Waals surface area contributed by atoms with Crippen LogP contribution in [0.1, 0.15) is 18.9 Å². The smallest absolute Gasteiger partial charge is 0.242 e. The van der Waals surface area contributed by atoms with Gasteiger partial charge in [-0.05, 0) is 24.1 Å². The minimum absolute atomic E-state index is 0.0228. The van der Waals surface area contributed by atoms with Gasteiger partial charge in [0.25, 0.3) is 0 Å². The third-order valence-corrected chi connectivity index (χ3v) is 6.49. The van der Waals surface area contributed by atoms with E-state index >= 15 is 0 Å².